The number of ether oxygens (including phenoxy) is 7. The number of Topliss-reactive ketones (excluding diaryl/α,β-unsaturated/α-hetero) is 1. The third-order valence-electron chi connectivity index (χ3n) is 12.1. The van der Waals surface area contributed by atoms with Crippen LogP contribution in [0.2, 0.25) is 0 Å². The Morgan fingerprint density at radius 2 is 1.31 bits per heavy atom. The number of anilines is 3. The third-order valence-corrected chi connectivity index (χ3v) is 12.1. The van der Waals surface area contributed by atoms with Crippen LogP contribution in [0.15, 0.2) is 65.9 Å². The van der Waals surface area contributed by atoms with Gasteiger partial charge in [0.2, 0.25) is 11.8 Å². The second-order valence-electron chi connectivity index (χ2n) is 16.8. The van der Waals surface area contributed by atoms with E-state index in [1.165, 1.54) is 18.5 Å². The van der Waals surface area contributed by atoms with Crippen LogP contribution < -0.4 is 21.3 Å². The SMILES string of the molecule is Cn1ncnc1[C@H]1C2=NCC(=O)c3cc(F)cc(c32)NC1c1ccc(NCCOCCOCCOCCOCCOCCOCCOCCNc2cccc3c2C(=O)N(C2CCC(=O)NC2=O)C3=O)cc1. The molecule has 0 saturated carbocycles. The number of fused-ring (bicyclic) bond motifs is 1. The first-order chi connectivity index (χ1) is 34.7. The van der Waals surface area contributed by atoms with E-state index < -0.39 is 35.5 Å². The van der Waals surface area contributed by atoms with Gasteiger partial charge in [-0.25, -0.2) is 9.37 Å². The fraction of sp³-hybridized carbons (Fsp3) is 0.469. The van der Waals surface area contributed by atoms with Crippen molar-refractivity contribution in [1.29, 1.82) is 0 Å². The van der Waals surface area contributed by atoms with Crippen LogP contribution >= 0.6 is 0 Å². The number of amides is 4. The Balaban J connectivity index is 0.590. The standard InChI is InChI=1S/C49H58FN9O12/c1-58-46(54-30-55-58)43-44(56-37-28-32(50)27-35-39(60)29-53-45(43)41(35)37)31-5-7-33(8-6-31)51-11-13-65-15-17-67-19-21-69-23-25-71-26-24-70-22-20-68-18-16-66-14-12-52-36-4-2-3-34-42(36)49(64)59(48(34)63)38-9-10-40(61)57-47(38)62/h2-8,27-28,30,38,43-44,51-52,56H,9-26,29H2,1H3,(H,57,61,62)/t38?,43-,44?/m1/s1. The Kier molecular flexibility index (Phi) is 17.9. The largest absolute Gasteiger partial charge is 0.383 e. The number of hydrogen-bond acceptors (Lipinski definition) is 18. The summed E-state index contributed by atoms with van der Waals surface area (Å²) in [6, 6.07) is 14.2. The minimum atomic E-state index is -1.02. The van der Waals surface area contributed by atoms with Crippen molar-refractivity contribution < 1.29 is 61.5 Å². The molecule has 22 heteroatoms. The van der Waals surface area contributed by atoms with Gasteiger partial charge in [-0.2, -0.15) is 5.10 Å². The van der Waals surface area contributed by atoms with Crippen LogP contribution in [0.5, 0.6) is 0 Å². The van der Waals surface area contributed by atoms with Crippen molar-refractivity contribution in [1.82, 2.24) is 25.0 Å². The van der Waals surface area contributed by atoms with Gasteiger partial charge in [0.1, 0.15) is 30.6 Å². The number of carbonyl (C=O) groups is 5. The summed E-state index contributed by atoms with van der Waals surface area (Å²) in [6.45, 7) is 6.76. The molecule has 2 unspecified atom stereocenters. The topological polar surface area (TPSA) is 244 Å². The first-order valence-corrected chi connectivity index (χ1v) is 23.7. The van der Waals surface area contributed by atoms with Crippen molar-refractivity contribution >= 4 is 52.2 Å². The van der Waals surface area contributed by atoms with E-state index in [9.17, 15) is 28.4 Å². The number of aromatic nitrogens is 3. The highest BCUT2D eigenvalue weighted by atomic mass is 19.1. The minimum Gasteiger partial charge on any atom is -0.383 e. The van der Waals surface area contributed by atoms with Crippen LogP contribution in [-0.2, 0) is 49.8 Å². The van der Waals surface area contributed by atoms with Gasteiger partial charge >= 0.3 is 0 Å². The van der Waals surface area contributed by atoms with Gasteiger partial charge in [0.05, 0.1) is 121 Å². The van der Waals surface area contributed by atoms with Crippen molar-refractivity contribution in [2.75, 3.05) is 128 Å². The molecule has 5 heterocycles. The van der Waals surface area contributed by atoms with Gasteiger partial charge in [-0.05, 0) is 48.4 Å². The van der Waals surface area contributed by atoms with Crippen LogP contribution in [0.3, 0.4) is 0 Å². The average Bonchev–Trinajstić information content (AvgIpc) is 3.90. The highest BCUT2D eigenvalue weighted by Crippen LogP contribution is 2.45. The number of carbonyl (C=O) groups excluding carboxylic acids is 5. The lowest BCUT2D eigenvalue weighted by Gasteiger charge is -2.37. The Labute approximate surface area is 409 Å². The third kappa shape index (κ3) is 12.7. The van der Waals surface area contributed by atoms with Gasteiger partial charge in [0.15, 0.2) is 5.78 Å². The number of nitrogens with zero attached hydrogens (tertiary/aromatic N) is 5. The summed E-state index contributed by atoms with van der Waals surface area (Å²) in [5.41, 5.74) is 4.92. The summed E-state index contributed by atoms with van der Waals surface area (Å²) in [5.74, 6) is -2.57. The molecule has 1 aromatic heterocycles. The molecule has 3 aromatic carbocycles. The first-order valence-electron chi connectivity index (χ1n) is 23.7. The summed E-state index contributed by atoms with van der Waals surface area (Å²) in [4.78, 5) is 73.0. The molecule has 4 aliphatic rings. The normalized spacial score (nSPS) is 18.3. The minimum absolute atomic E-state index is 0.0454. The van der Waals surface area contributed by atoms with E-state index in [-0.39, 0.29) is 48.3 Å². The zero-order valence-corrected chi connectivity index (χ0v) is 39.5. The van der Waals surface area contributed by atoms with Gasteiger partial charge in [-0.3, -0.25) is 43.9 Å². The summed E-state index contributed by atoms with van der Waals surface area (Å²) in [5, 5.41) is 16.5. The van der Waals surface area contributed by atoms with E-state index in [2.05, 4.69) is 36.3 Å². The maximum absolute atomic E-state index is 14.6. The van der Waals surface area contributed by atoms with E-state index in [1.54, 1.807) is 22.9 Å². The molecule has 1 fully saturated rings. The maximum Gasteiger partial charge on any atom is 0.264 e. The van der Waals surface area contributed by atoms with E-state index in [0.717, 1.165) is 16.2 Å². The van der Waals surface area contributed by atoms with Gasteiger partial charge in [-0.1, -0.05) is 18.2 Å². The van der Waals surface area contributed by atoms with Crippen molar-refractivity contribution in [3.8, 4) is 0 Å². The van der Waals surface area contributed by atoms with Gasteiger partial charge in [0, 0.05) is 54.7 Å². The smallest absolute Gasteiger partial charge is 0.264 e. The molecule has 4 amide bonds. The highest BCUT2D eigenvalue weighted by Gasteiger charge is 2.46. The summed E-state index contributed by atoms with van der Waals surface area (Å²) in [6.07, 6.45) is 1.64. The van der Waals surface area contributed by atoms with Crippen molar-refractivity contribution in [3.63, 3.8) is 0 Å². The lowest BCUT2D eigenvalue weighted by molar-refractivity contribution is -0.136. The molecular weight excluding hydrogens is 926 g/mol. The Bertz CT molecular complexity index is 2560. The van der Waals surface area contributed by atoms with E-state index >= 15 is 0 Å². The lowest BCUT2D eigenvalue weighted by Crippen LogP contribution is -2.54. The molecule has 21 nitrogen and oxygen atoms in total. The molecule has 4 N–H and O–H groups in total. The average molecular weight is 984 g/mol. The van der Waals surface area contributed by atoms with E-state index in [0.29, 0.717) is 140 Å². The van der Waals surface area contributed by atoms with Gasteiger partial charge in [-0.15, -0.1) is 0 Å². The number of piperidine rings is 1. The summed E-state index contributed by atoms with van der Waals surface area (Å²) >= 11 is 0. The number of rotatable bonds is 29. The Morgan fingerprint density at radius 3 is 1.90 bits per heavy atom. The zero-order chi connectivity index (χ0) is 49.5. The summed E-state index contributed by atoms with van der Waals surface area (Å²) in [7, 11) is 1.82. The van der Waals surface area contributed by atoms with E-state index in [1.807, 2.05) is 31.3 Å². The van der Waals surface area contributed by atoms with Crippen molar-refractivity contribution in [2.45, 2.75) is 30.8 Å². The second-order valence-corrected chi connectivity index (χ2v) is 16.8. The lowest BCUT2D eigenvalue weighted by atomic mass is 9.78. The molecule has 4 aromatic rings. The quantitative estimate of drug-likeness (QED) is 0.0452. The molecule has 0 spiro atoms. The van der Waals surface area contributed by atoms with Crippen LogP contribution in [0, 0.1) is 5.82 Å². The number of benzene rings is 3. The predicted octanol–water partition coefficient (Wildman–Crippen LogP) is 2.93. The molecule has 1 saturated heterocycles. The Morgan fingerprint density at radius 1 is 0.704 bits per heavy atom. The molecule has 0 bridgehead atoms. The maximum atomic E-state index is 14.6. The molecule has 0 radical (unpaired) electrons. The summed E-state index contributed by atoms with van der Waals surface area (Å²) < 4.78 is 55.5. The van der Waals surface area contributed by atoms with Crippen molar-refractivity contribution in [2.24, 2.45) is 12.0 Å². The molecule has 8 rings (SSSR count). The zero-order valence-electron chi connectivity index (χ0n) is 39.5. The molecule has 378 valence electrons. The molecule has 4 aliphatic heterocycles. The highest BCUT2D eigenvalue weighted by molar-refractivity contribution is 6.25. The molecule has 0 aliphatic carbocycles. The predicted molar refractivity (Wildman–Crippen MR) is 255 cm³/mol. The second kappa shape index (κ2) is 25.0. The molecule has 3 atom stereocenters. The number of hydrogen-bond donors (Lipinski definition) is 4. The number of aliphatic imine (C=N–C) groups is 1. The fourth-order valence-corrected chi connectivity index (χ4v) is 8.75. The van der Waals surface area contributed by atoms with E-state index in [4.69, 9.17) is 33.2 Å². The molecule has 71 heavy (non-hydrogen) atoms. The van der Waals surface area contributed by atoms with Gasteiger partial charge in [0.25, 0.3) is 11.8 Å². The van der Waals surface area contributed by atoms with Crippen LogP contribution in [-0.4, -0.2) is 173 Å². The fourth-order valence-electron chi connectivity index (χ4n) is 8.75. The Hall–Kier alpha value is -6.53. The number of nitrogens with one attached hydrogen (secondary N) is 4. The number of halogens is 1. The van der Waals surface area contributed by atoms with Crippen LogP contribution in [0.1, 0.15) is 72.8 Å². The van der Waals surface area contributed by atoms with Crippen LogP contribution in [0.4, 0.5) is 21.5 Å². The number of imide groups is 2. The van der Waals surface area contributed by atoms with Crippen LogP contribution in [0.25, 0.3) is 0 Å². The monoisotopic (exact) mass is 983 g/mol. The van der Waals surface area contributed by atoms with Crippen molar-refractivity contribution in [3.05, 3.63) is 100 Å². The number of ketones is 1. The number of aryl methyl sites for hydroxylation is 1. The molecular formula is C49H58FN9O12. The van der Waals surface area contributed by atoms with Gasteiger partial charge < -0.3 is 49.1 Å². The first kappa shape index (κ1) is 50.8.